The third-order valence-electron chi connectivity index (χ3n) is 3.41. The number of hydrogen-bond donors (Lipinski definition) is 0. The lowest BCUT2D eigenvalue weighted by molar-refractivity contribution is 0.0991. The number of rotatable bonds is 5. The topological polar surface area (TPSA) is 78.2 Å². The van der Waals surface area contributed by atoms with E-state index in [4.69, 9.17) is 5.26 Å². The highest BCUT2D eigenvalue weighted by molar-refractivity contribution is 7.91. The first kappa shape index (κ1) is 17.2. The Labute approximate surface area is 139 Å². The zero-order valence-electron chi connectivity index (χ0n) is 12.8. The number of hydrogen-bond acceptors (Lipinski definition) is 5. The molecule has 23 heavy (non-hydrogen) atoms. The number of nitriles is 1. The van der Waals surface area contributed by atoms with E-state index in [9.17, 15) is 13.2 Å². The number of amides is 1. The van der Waals surface area contributed by atoms with Crippen molar-refractivity contribution in [2.45, 2.75) is 18.7 Å². The number of nitrogens with zero attached hydrogens (tertiary/aromatic N) is 2. The van der Waals surface area contributed by atoms with Gasteiger partial charge in [-0.15, -0.1) is 11.3 Å². The van der Waals surface area contributed by atoms with Gasteiger partial charge in [-0.2, -0.15) is 5.26 Å². The summed E-state index contributed by atoms with van der Waals surface area (Å²) in [5.41, 5.74) is 0.647. The average Bonchev–Trinajstić information content (AvgIpc) is 3.04. The van der Waals surface area contributed by atoms with Gasteiger partial charge in [-0.25, -0.2) is 8.42 Å². The molecule has 1 aromatic heterocycles. The maximum atomic E-state index is 12.8. The van der Waals surface area contributed by atoms with Crippen LogP contribution in [-0.2, 0) is 9.84 Å². The molecule has 1 amide bonds. The highest BCUT2D eigenvalue weighted by atomic mass is 32.2. The second-order valence-corrected chi connectivity index (χ2v) is 7.86. The molecule has 0 radical (unpaired) electrons. The van der Waals surface area contributed by atoms with Crippen molar-refractivity contribution in [1.29, 1.82) is 5.26 Å². The number of para-hydroxylation sites is 1. The summed E-state index contributed by atoms with van der Waals surface area (Å²) >= 11 is 1.18. The van der Waals surface area contributed by atoms with Crippen LogP contribution >= 0.6 is 11.3 Å². The smallest absolute Gasteiger partial charge is 0.269 e. The van der Waals surface area contributed by atoms with Crippen molar-refractivity contribution in [3.05, 3.63) is 46.2 Å². The van der Waals surface area contributed by atoms with Crippen LogP contribution < -0.4 is 4.90 Å². The third-order valence-corrected chi connectivity index (χ3v) is 6.09. The zero-order valence-corrected chi connectivity index (χ0v) is 14.4. The van der Waals surface area contributed by atoms with Crippen molar-refractivity contribution in [2.75, 3.05) is 17.2 Å². The average molecular weight is 348 g/mol. The number of sulfone groups is 1. The van der Waals surface area contributed by atoms with Crippen LogP contribution in [0.2, 0.25) is 0 Å². The predicted octanol–water partition coefficient (Wildman–Crippen LogP) is 3.08. The van der Waals surface area contributed by atoms with Gasteiger partial charge in [0.15, 0.2) is 9.84 Å². The minimum Gasteiger partial charge on any atom is -0.307 e. The molecule has 0 atom stereocenters. The lowest BCUT2D eigenvalue weighted by Gasteiger charge is -2.23. The summed E-state index contributed by atoms with van der Waals surface area (Å²) in [5, 5.41) is 10.8. The molecular formula is C16H16N2O3S2. The van der Waals surface area contributed by atoms with E-state index in [-0.39, 0.29) is 16.6 Å². The van der Waals surface area contributed by atoms with Crippen molar-refractivity contribution >= 4 is 32.8 Å². The SMILES string of the molecule is CCN(C(=O)c1sccc1C#N)c1ccccc1S(=O)(=O)CC. The van der Waals surface area contributed by atoms with E-state index in [0.717, 1.165) is 0 Å². The largest absolute Gasteiger partial charge is 0.307 e. The Bertz CT molecular complexity index is 863. The molecule has 0 aliphatic heterocycles. The minimum absolute atomic E-state index is 0.0434. The van der Waals surface area contributed by atoms with E-state index in [1.807, 2.05) is 6.07 Å². The van der Waals surface area contributed by atoms with Gasteiger partial charge in [-0.1, -0.05) is 19.1 Å². The van der Waals surface area contributed by atoms with E-state index < -0.39 is 9.84 Å². The molecule has 2 rings (SSSR count). The van der Waals surface area contributed by atoms with Gasteiger partial charge in [-0.3, -0.25) is 4.79 Å². The number of thiophene rings is 1. The molecule has 7 heteroatoms. The molecule has 0 spiro atoms. The maximum absolute atomic E-state index is 12.8. The Hall–Kier alpha value is -2.17. The minimum atomic E-state index is -3.46. The van der Waals surface area contributed by atoms with Crippen LogP contribution in [0.5, 0.6) is 0 Å². The van der Waals surface area contributed by atoms with Crippen LogP contribution in [0.25, 0.3) is 0 Å². The highest BCUT2D eigenvalue weighted by Crippen LogP contribution is 2.29. The first-order valence-electron chi connectivity index (χ1n) is 7.07. The summed E-state index contributed by atoms with van der Waals surface area (Å²) < 4.78 is 24.6. The molecule has 1 aromatic carbocycles. The van der Waals surface area contributed by atoms with E-state index in [1.54, 1.807) is 43.5 Å². The van der Waals surface area contributed by atoms with Gasteiger partial charge in [0.05, 0.1) is 21.9 Å². The van der Waals surface area contributed by atoms with Crippen LogP contribution in [0.4, 0.5) is 5.69 Å². The molecular weight excluding hydrogens is 332 g/mol. The first-order chi connectivity index (χ1) is 11.0. The van der Waals surface area contributed by atoms with E-state index in [0.29, 0.717) is 22.7 Å². The summed E-state index contributed by atoms with van der Waals surface area (Å²) in [6.07, 6.45) is 0. The summed E-state index contributed by atoms with van der Waals surface area (Å²) in [6, 6.07) is 10.0. The maximum Gasteiger partial charge on any atom is 0.269 e. The van der Waals surface area contributed by atoms with Gasteiger partial charge in [0.25, 0.3) is 5.91 Å². The Balaban J connectivity index is 2.56. The molecule has 1 heterocycles. The Kier molecular flexibility index (Phi) is 5.19. The molecule has 0 unspecified atom stereocenters. The van der Waals surface area contributed by atoms with Gasteiger partial charge >= 0.3 is 0 Å². The fraction of sp³-hybridized carbons (Fsp3) is 0.250. The van der Waals surface area contributed by atoms with Gasteiger partial charge in [0, 0.05) is 6.54 Å². The van der Waals surface area contributed by atoms with Crippen molar-refractivity contribution < 1.29 is 13.2 Å². The molecule has 0 aliphatic carbocycles. The van der Waals surface area contributed by atoms with E-state index >= 15 is 0 Å². The summed E-state index contributed by atoms with van der Waals surface area (Å²) in [7, 11) is -3.46. The molecule has 5 nitrogen and oxygen atoms in total. The first-order valence-corrected chi connectivity index (χ1v) is 9.60. The second-order valence-electron chi connectivity index (χ2n) is 4.70. The molecule has 0 aliphatic rings. The number of anilines is 1. The quantitative estimate of drug-likeness (QED) is 0.832. The molecule has 0 N–H and O–H groups in total. The molecule has 0 fully saturated rings. The van der Waals surface area contributed by atoms with Gasteiger partial charge in [0.1, 0.15) is 10.9 Å². The van der Waals surface area contributed by atoms with Crippen LogP contribution in [0.15, 0.2) is 40.6 Å². The van der Waals surface area contributed by atoms with Crippen LogP contribution in [0, 0.1) is 11.3 Å². The zero-order chi connectivity index (χ0) is 17.0. The monoisotopic (exact) mass is 348 g/mol. The molecule has 2 aromatic rings. The highest BCUT2D eigenvalue weighted by Gasteiger charge is 2.26. The third kappa shape index (κ3) is 3.28. The van der Waals surface area contributed by atoms with Gasteiger partial charge in [-0.05, 0) is 30.5 Å². The molecule has 0 bridgehead atoms. The molecule has 120 valence electrons. The fourth-order valence-electron chi connectivity index (χ4n) is 2.21. The van der Waals surface area contributed by atoms with E-state index in [2.05, 4.69) is 0 Å². The molecule has 0 saturated carbocycles. The Morgan fingerprint density at radius 1 is 1.26 bits per heavy atom. The van der Waals surface area contributed by atoms with Crippen molar-refractivity contribution in [1.82, 2.24) is 0 Å². The van der Waals surface area contributed by atoms with Crippen LogP contribution in [-0.4, -0.2) is 26.6 Å². The summed E-state index contributed by atoms with van der Waals surface area (Å²) in [5.74, 6) is -0.407. The lowest BCUT2D eigenvalue weighted by Crippen LogP contribution is -2.32. The summed E-state index contributed by atoms with van der Waals surface area (Å²) in [4.78, 5) is 14.6. The standard InChI is InChI=1S/C16H16N2O3S2/c1-3-18(16(19)15-12(11-17)9-10-22-15)13-7-5-6-8-14(13)23(20,21)4-2/h5-10H,3-4H2,1-2H3. The Morgan fingerprint density at radius 3 is 2.57 bits per heavy atom. The number of carbonyl (C=O) groups is 1. The van der Waals surface area contributed by atoms with Gasteiger partial charge < -0.3 is 4.90 Å². The van der Waals surface area contributed by atoms with Crippen LogP contribution in [0.3, 0.4) is 0 Å². The predicted molar refractivity (Wildman–Crippen MR) is 90.6 cm³/mol. The van der Waals surface area contributed by atoms with E-state index in [1.165, 1.54) is 22.3 Å². The normalized spacial score (nSPS) is 11.0. The van der Waals surface area contributed by atoms with Crippen LogP contribution in [0.1, 0.15) is 29.1 Å². The lowest BCUT2D eigenvalue weighted by atomic mass is 10.2. The second kappa shape index (κ2) is 6.94. The van der Waals surface area contributed by atoms with Gasteiger partial charge in [0.2, 0.25) is 0 Å². The summed E-state index contributed by atoms with van der Waals surface area (Å²) in [6.45, 7) is 3.64. The Morgan fingerprint density at radius 2 is 1.96 bits per heavy atom. The molecule has 0 saturated heterocycles. The van der Waals surface area contributed by atoms with Crippen molar-refractivity contribution in [3.8, 4) is 6.07 Å². The fourth-order valence-corrected chi connectivity index (χ4v) is 4.09. The van der Waals surface area contributed by atoms with Crippen molar-refractivity contribution in [2.24, 2.45) is 0 Å². The number of benzene rings is 1. The van der Waals surface area contributed by atoms with Crippen molar-refractivity contribution in [3.63, 3.8) is 0 Å². The number of carbonyl (C=O) groups excluding carboxylic acids is 1.